The summed E-state index contributed by atoms with van der Waals surface area (Å²) in [5.74, 6) is 0. The Labute approximate surface area is 111 Å². The van der Waals surface area contributed by atoms with Crippen LogP contribution in [0.1, 0.15) is 25.0 Å². The van der Waals surface area contributed by atoms with Crippen LogP contribution in [0.2, 0.25) is 0 Å². The van der Waals surface area contributed by atoms with Gasteiger partial charge in [0.1, 0.15) is 0 Å². The highest BCUT2D eigenvalue weighted by molar-refractivity contribution is 5.50. The first-order valence-corrected chi connectivity index (χ1v) is 6.78. The number of likely N-dealkylation sites (N-methyl/N-ethyl adjacent to an activating group) is 1. The summed E-state index contributed by atoms with van der Waals surface area (Å²) in [6.45, 7) is 10.8. The highest BCUT2D eigenvalue weighted by Crippen LogP contribution is 2.18. The molecule has 0 aliphatic carbocycles. The van der Waals surface area contributed by atoms with Gasteiger partial charge >= 0.3 is 0 Å². The molecule has 0 aliphatic heterocycles. The zero-order valence-electron chi connectivity index (χ0n) is 12.1. The van der Waals surface area contributed by atoms with E-state index < -0.39 is 0 Å². The molecule has 18 heavy (non-hydrogen) atoms. The fraction of sp³-hybridized carbons (Fsp3) is 0.600. The van der Waals surface area contributed by atoms with Gasteiger partial charge in [-0.3, -0.25) is 0 Å². The zero-order valence-corrected chi connectivity index (χ0v) is 12.1. The van der Waals surface area contributed by atoms with E-state index in [2.05, 4.69) is 49.3 Å². The molecule has 3 heteroatoms. The lowest BCUT2D eigenvalue weighted by Gasteiger charge is -2.20. The number of anilines is 1. The molecule has 0 saturated heterocycles. The Morgan fingerprint density at radius 3 is 2.67 bits per heavy atom. The number of nitrogens with zero attached hydrogens (tertiary/aromatic N) is 1. The van der Waals surface area contributed by atoms with Crippen molar-refractivity contribution in [3.8, 4) is 0 Å². The van der Waals surface area contributed by atoms with Gasteiger partial charge in [0.15, 0.2) is 0 Å². The second kappa shape index (κ2) is 8.11. The molecule has 102 valence electrons. The zero-order chi connectivity index (χ0) is 13.4. The molecule has 0 unspecified atom stereocenters. The van der Waals surface area contributed by atoms with Gasteiger partial charge in [0.2, 0.25) is 0 Å². The smallest absolute Gasteiger partial charge is 0.0641 e. The van der Waals surface area contributed by atoms with E-state index in [0.29, 0.717) is 0 Å². The minimum absolute atomic E-state index is 0.783. The molecular weight excluding hydrogens is 224 g/mol. The number of hydrogen-bond acceptors (Lipinski definition) is 3. The lowest BCUT2D eigenvalue weighted by atomic mass is 10.1. The largest absolute Gasteiger partial charge is 0.380 e. The van der Waals surface area contributed by atoms with Crippen LogP contribution in [-0.2, 0) is 11.3 Å². The van der Waals surface area contributed by atoms with Gasteiger partial charge in [0, 0.05) is 32.4 Å². The molecule has 0 atom stereocenters. The Kier molecular flexibility index (Phi) is 6.76. The first-order valence-electron chi connectivity index (χ1n) is 6.78. The second-order valence-corrected chi connectivity index (χ2v) is 4.51. The van der Waals surface area contributed by atoms with Crippen molar-refractivity contribution in [2.24, 2.45) is 0 Å². The van der Waals surface area contributed by atoms with E-state index in [4.69, 9.17) is 4.74 Å². The lowest BCUT2D eigenvalue weighted by Crippen LogP contribution is -2.22. The highest BCUT2D eigenvalue weighted by Gasteiger charge is 2.04. The minimum Gasteiger partial charge on any atom is -0.380 e. The van der Waals surface area contributed by atoms with Crippen molar-refractivity contribution in [2.45, 2.75) is 27.3 Å². The molecule has 0 aliphatic rings. The van der Waals surface area contributed by atoms with Crippen molar-refractivity contribution in [3.63, 3.8) is 0 Å². The van der Waals surface area contributed by atoms with E-state index in [-0.39, 0.29) is 0 Å². The van der Waals surface area contributed by atoms with Crippen molar-refractivity contribution < 1.29 is 4.74 Å². The van der Waals surface area contributed by atoms with Crippen LogP contribution in [0.4, 0.5) is 5.69 Å². The molecule has 0 radical (unpaired) electrons. The molecule has 0 saturated carbocycles. The summed E-state index contributed by atoms with van der Waals surface area (Å²) in [5, 5.41) is 3.36. The second-order valence-electron chi connectivity index (χ2n) is 4.51. The Hall–Kier alpha value is -1.06. The summed E-state index contributed by atoms with van der Waals surface area (Å²) in [4.78, 5) is 2.24. The van der Waals surface area contributed by atoms with Crippen molar-refractivity contribution in [1.82, 2.24) is 5.32 Å². The quantitative estimate of drug-likeness (QED) is 0.718. The van der Waals surface area contributed by atoms with E-state index in [1.807, 2.05) is 6.92 Å². The maximum atomic E-state index is 5.38. The van der Waals surface area contributed by atoms with Gasteiger partial charge in [-0.05, 0) is 43.7 Å². The predicted molar refractivity (Wildman–Crippen MR) is 78.3 cm³/mol. The van der Waals surface area contributed by atoms with Crippen LogP contribution in [0.15, 0.2) is 18.2 Å². The van der Waals surface area contributed by atoms with Crippen LogP contribution in [0, 0.1) is 6.92 Å². The minimum atomic E-state index is 0.783. The summed E-state index contributed by atoms with van der Waals surface area (Å²) >= 11 is 0. The number of ether oxygens (including phenoxy) is 1. The maximum Gasteiger partial charge on any atom is 0.0641 e. The fourth-order valence-corrected chi connectivity index (χ4v) is 1.85. The van der Waals surface area contributed by atoms with Gasteiger partial charge < -0.3 is 15.0 Å². The van der Waals surface area contributed by atoms with Gasteiger partial charge in [-0.2, -0.15) is 0 Å². The SMILES string of the molecule is CCNCc1ccc(N(C)CCOCC)cc1C. The molecule has 0 spiro atoms. The van der Waals surface area contributed by atoms with Crippen molar-refractivity contribution in [2.75, 3.05) is 38.3 Å². The fourth-order valence-electron chi connectivity index (χ4n) is 1.85. The van der Waals surface area contributed by atoms with Gasteiger partial charge in [-0.25, -0.2) is 0 Å². The number of nitrogens with one attached hydrogen (secondary N) is 1. The molecule has 3 nitrogen and oxygen atoms in total. The van der Waals surface area contributed by atoms with E-state index in [9.17, 15) is 0 Å². The summed E-state index contributed by atoms with van der Waals surface area (Å²) in [7, 11) is 2.11. The summed E-state index contributed by atoms with van der Waals surface area (Å²) in [5.41, 5.74) is 3.97. The highest BCUT2D eigenvalue weighted by atomic mass is 16.5. The Morgan fingerprint density at radius 1 is 1.28 bits per heavy atom. The molecule has 1 N–H and O–H groups in total. The normalized spacial score (nSPS) is 10.7. The monoisotopic (exact) mass is 250 g/mol. The van der Waals surface area contributed by atoms with E-state index in [1.165, 1.54) is 16.8 Å². The van der Waals surface area contributed by atoms with E-state index in [1.54, 1.807) is 0 Å². The van der Waals surface area contributed by atoms with Gasteiger partial charge in [0.25, 0.3) is 0 Å². The first-order chi connectivity index (χ1) is 8.69. The average molecular weight is 250 g/mol. The molecule has 0 amide bonds. The average Bonchev–Trinajstić information content (AvgIpc) is 2.37. The van der Waals surface area contributed by atoms with Gasteiger partial charge in [-0.1, -0.05) is 13.0 Å². The Bertz CT molecular complexity index is 352. The summed E-state index contributed by atoms with van der Waals surface area (Å²) in [6, 6.07) is 6.65. The third-order valence-corrected chi connectivity index (χ3v) is 3.11. The van der Waals surface area contributed by atoms with Crippen LogP contribution in [0.25, 0.3) is 0 Å². The molecule has 1 aromatic rings. The molecule has 0 bridgehead atoms. The van der Waals surface area contributed by atoms with E-state index >= 15 is 0 Å². The van der Waals surface area contributed by atoms with Crippen LogP contribution in [0.5, 0.6) is 0 Å². The number of benzene rings is 1. The predicted octanol–water partition coefficient (Wildman–Crippen LogP) is 2.58. The third kappa shape index (κ3) is 4.67. The molecular formula is C15H26N2O. The number of rotatable bonds is 8. The Balaban J connectivity index is 2.59. The van der Waals surface area contributed by atoms with Crippen LogP contribution < -0.4 is 10.2 Å². The summed E-state index contributed by atoms with van der Waals surface area (Å²) in [6.07, 6.45) is 0. The third-order valence-electron chi connectivity index (χ3n) is 3.11. The maximum absolute atomic E-state index is 5.38. The first kappa shape index (κ1) is 15.0. The van der Waals surface area contributed by atoms with Crippen molar-refractivity contribution in [1.29, 1.82) is 0 Å². The van der Waals surface area contributed by atoms with Crippen molar-refractivity contribution >= 4 is 5.69 Å². The molecule has 1 aromatic carbocycles. The Morgan fingerprint density at radius 2 is 2.06 bits per heavy atom. The van der Waals surface area contributed by atoms with Gasteiger partial charge in [0.05, 0.1) is 6.61 Å². The molecule has 0 aromatic heterocycles. The topological polar surface area (TPSA) is 24.5 Å². The standard InChI is InChI=1S/C15H26N2O/c1-5-16-12-14-7-8-15(11-13(14)3)17(4)9-10-18-6-2/h7-8,11,16H,5-6,9-10,12H2,1-4H3. The molecule has 0 fully saturated rings. The molecule has 0 heterocycles. The number of aryl methyl sites for hydroxylation is 1. The van der Waals surface area contributed by atoms with Crippen LogP contribution in [0.3, 0.4) is 0 Å². The van der Waals surface area contributed by atoms with Crippen LogP contribution in [-0.4, -0.2) is 33.4 Å². The number of hydrogen-bond donors (Lipinski definition) is 1. The van der Waals surface area contributed by atoms with Crippen molar-refractivity contribution in [3.05, 3.63) is 29.3 Å². The molecule has 1 rings (SSSR count). The summed E-state index contributed by atoms with van der Waals surface area (Å²) < 4.78 is 5.38. The van der Waals surface area contributed by atoms with E-state index in [0.717, 1.165) is 32.8 Å². The van der Waals surface area contributed by atoms with Gasteiger partial charge in [-0.15, -0.1) is 0 Å². The lowest BCUT2D eigenvalue weighted by molar-refractivity contribution is 0.154. The van der Waals surface area contributed by atoms with Crippen LogP contribution >= 0.6 is 0 Å².